The summed E-state index contributed by atoms with van der Waals surface area (Å²) in [6.07, 6.45) is -4.84. The molecule has 2 saturated heterocycles. The van der Waals surface area contributed by atoms with Crippen molar-refractivity contribution in [2.24, 2.45) is 0 Å². The number of pyridine rings is 1. The van der Waals surface area contributed by atoms with E-state index in [0.29, 0.717) is 30.6 Å². The van der Waals surface area contributed by atoms with Crippen LogP contribution in [0.3, 0.4) is 0 Å². The van der Waals surface area contributed by atoms with Gasteiger partial charge in [-0.1, -0.05) is 0 Å². The fourth-order valence-electron chi connectivity index (χ4n) is 4.07. The average Bonchev–Trinajstić information content (AvgIpc) is 3.01. The molecule has 0 saturated carbocycles. The number of amides is 1. The Hall–Kier alpha value is -2.20. The number of aromatic nitrogens is 2. The first kappa shape index (κ1) is 19.1. The van der Waals surface area contributed by atoms with Gasteiger partial charge in [-0.05, 0) is 32.0 Å². The fourth-order valence-corrected chi connectivity index (χ4v) is 4.07. The van der Waals surface area contributed by atoms with Gasteiger partial charge in [0.15, 0.2) is 0 Å². The SMILES string of the molecule is CN1[C@@H]2COC[C@H]1C[C@@H](NC(=O)c1cn([C@@H](F)C(F)(F)F)c3ncccc13)C2. The lowest BCUT2D eigenvalue weighted by molar-refractivity contribution is -0.203. The molecule has 28 heavy (non-hydrogen) atoms. The predicted molar refractivity (Wildman–Crippen MR) is 92.6 cm³/mol. The van der Waals surface area contributed by atoms with Crippen molar-refractivity contribution >= 4 is 16.9 Å². The van der Waals surface area contributed by atoms with Crippen LogP contribution in [0.15, 0.2) is 24.5 Å². The van der Waals surface area contributed by atoms with Crippen molar-refractivity contribution in [2.45, 2.75) is 43.4 Å². The van der Waals surface area contributed by atoms with E-state index in [1.165, 1.54) is 18.3 Å². The van der Waals surface area contributed by atoms with Gasteiger partial charge in [0.1, 0.15) is 5.65 Å². The highest BCUT2D eigenvalue weighted by molar-refractivity contribution is 6.06. The number of alkyl halides is 4. The van der Waals surface area contributed by atoms with E-state index < -0.39 is 18.4 Å². The quantitative estimate of drug-likeness (QED) is 0.805. The number of likely N-dealkylation sites (N-methyl/N-ethyl adjacent to an activating group) is 1. The van der Waals surface area contributed by atoms with Crippen molar-refractivity contribution in [1.29, 1.82) is 0 Å². The van der Waals surface area contributed by atoms with Crippen molar-refractivity contribution in [2.75, 3.05) is 20.3 Å². The number of halogens is 4. The normalized spacial score (nSPS) is 27.0. The molecule has 0 radical (unpaired) electrons. The predicted octanol–water partition coefficient (Wildman–Crippen LogP) is 2.66. The smallest absolute Gasteiger partial charge is 0.378 e. The van der Waals surface area contributed by atoms with Crippen LogP contribution in [0.1, 0.15) is 29.5 Å². The zero-order chi connectivity index (χ0) is 20.1. The minimum absolute atomic E-state index is 0.0182. The largest absolute Gasteiger partial charge is 0.439 e. The number of fused-ring (bicyclic) bond motifs is 3. The number of carbonyl (C=O) groups excluding carboxylic acids is 1. The molecule has 2 bridgehead atoms. The second kappa shape index (κ2) is 7.00. The summed E-state index contributed by atoms with van der Waals surface area (Å²) in [5.74, 6) is -0.528. The second-order valence-electron chi connectivity index (χ2n) is 7.35. The minimum Gasteiger partial charge on any atom is -0.378 e. The third-order valence-electron chi connectivity index (χ3n) is 5.57. The van der Waals surface area contributed by atoms with Crippen LogP contribution in [-0.4, -0.2) is 64.9 Å². The van der Waals surface area contributed by atoms with Crippen LogP contribution in [0.4, 0.5) is 17.6 Å². The zero-order valence-corrected chi connectivity index (χ0v) is 15.1. The Morgan fingerprint density at radius 1 is 1.32 bits per heavy atom. The molecule has 2 aromatic rings. The molecule has 152 valence electrons. The highest BCUT2D eigenvalue weighted by atomic mass is 19.4. The molecular weight excluding hydrogens is 380 g/mol. The summed E-state index contributed by atoms with van der Waals surface area (Å²) in [5, 5.41) is 3.09. The van der Waals surface area contributed by atoms with Crippen LogP contribution in [-0.2, 0) is 4.74 Å². The Morgan fingerprint density at radius 3 is 2.64 bits per heavy atom. The molecule has 4 rings (SSSR count). The number of hydrogen-bond acceptors (Lipinski definition) is 4. The van der Waals surface area contributed by atoms with Crippen LogP contribution in [0.25, 0.3) is 11.0 Å². The molecule has 2 aliphatic heterocycles. The number of carbonyl (C=O) groups is 1. The first-order valence-corrected chi connectivity index (χ1v) is 9.02. The lowest BCUT2D eigenvalue weighted by Crippen LogP contribution is -2.59. The maximum absolute atomic E-state index is 14.0. The minimum atomic E-state index is -5.09. The molecule has 0 unspecified atom stereocenters. The Kier molecular flexibility index (Phi) is 4.78. The van der Waals surface area contributed by atoms with Gasteiger partial charge in [0.25, 0.3) is 12.2 Å². The van der Waals surface area contributed by atoms with Gasteiger partial charge in [0.05, 0.1) is 18.8 Å². The van der Waals surface area contributed by atoms with Crippen molar-refractivity contribution in [3.8, 4) is 0 Å². The van der Waals surface area contributed by atoms with Crippen LogP contribution in [0.5, 0.6) is 0 Å². The molecule has 0 aliphatic carbocycles. The standard InChI is InChI=1S/C18H20F4N4O2/c1-25-11-5-10(6-12(25)9-28-8-11)24-16(27)14-7-26(17(19)18(20,21)22)15-13(14)3-2-4-23-15/h2-4,7,10-12,17H,5-6,8-9H2,1H3,(H,24,27)/t10-,11-,12+,17-/m1/s1. The average molecular weight is 400 g/mol. The molecule has 2 aromatic heterocycles. The number of ether oxygens (including phenoxy) is 1. The fraction of sp³-hybridized carbons (Fsp3) is 0.556. The van der Waals surface area contributed by atoms with Crippen molar-refractivity contribution in [3.63, 3.8) is 0 Å². The number of rotatable bonds is 3. The molecule has 10 heteroatoms. The summed E-state index contributed by atoms with van der Waals surface area (Å²) in [5.41, 5.74) is -0.235. The van der Waals surface area contributed by atoms with Crippen molar-refractivity contribution in [3.05, 3.63) is 30.1 Å². The lowest BCUT2D eigenvalue weighted by atomic mass is 9.90. The topological polar surface area (TPSA) is 59.4 Å². The van der Waals surface area contributed by atoms with E-state index in [1.54, 1.807) is 0 Å². The Balaban J connectivity index is 1.60. The Labute approximate surface area is 158 Å². The zero-order valence-electron chi connectivity index (χ0n) is 15.1. The number of morpholine rings is 1. The second-order valence-corrected chi connectivity index (χ2v) is 7.35. The van der Waals surface area contributed by atoms with Crippen LogP contribution in [0, 0.1) is 0 Å². The van der Waals surface area contributed by atoms with E-state index in [4.69, 9.17) is 4.74 Å². The van der Waals surface area contributed by atoms with Crippen molar-refractivity contribution in [1.82, 2.24) is 19.8 Å². The molecule has 1 amide bonds. The van der Waals surface area contributed by atoms with E-state index >= 15 is 0 Å². The highest BCUT2D eigenvalue weighted by Crippen LogP contribution is 2.35. The van der Waals surface area contributed by atoms with Gasteiger partial charge < -0.3 is 10.1 Å². The van der Waals surface area contributed by atoms with Gasteiger partial charge in [-0.3, -0.25) is 14.3 Å². The van der Waals surface area contributed by atoms with E-state index in [1.807, 2.05) is 7.05 Å². The molecule has 4 atom stereocenters. The monoisotopic (exact) mass is 400 g/mol. The number of nitrogens with zero attached hydrogens (tertiary/aromatic N) is 3. The van der Waals surface area contributed by atoms with Gasteiger partial charge in [0, 0.05) is 35.9 Å². The van der Waals surface area contributed by atoms with E-state index in [9.17, 15) is 22.4 Å². The molecule has 0 aromatic carbocycles. The summed E-state index contributed by atoms with van der Waals surface area (Å²) >= 11 is 0. The number of piperidine rings is 1. The number of hydrogen-bond donors (Lipinski definition) is 1. The third kappa shape index (κ3) is 3.35. The van der Waals surface area contributed by atoms with E-state index in [0.717, 1.165) is 6.20 Å². The Morgan fingerprint density at radius 2 is 2.00 bits per heavy atom. The molecule has 2 aliphatic rings. The van der Waals surface area contributed by atoms with Gasteiger partial charge in [-0.15, -0.1) is 0 Å². The van der Waals surface area contributed by atoms with Crippen LogP contribution in [0.2, 0.25) is 0 Å². The summed E-state index contributed by atoms with van der Waals surface area (Å²) in [7, 11) is 2.02. The molecule has 1 N–H and O–H groups in total. The van der Waals surface area contributed by atoms with Crippen LogP contribution >= 0.6 is 0 Å². The third-order valence-corrected chi connectivity index (χ3v) is 5.57. The molecule has 0 spiro atoms. The van der Waals surface area contributed by atoms with Gasteiger partial charge in [-0.25, -0.2) is 9.37 Å². The van der Waals surface area contributed by atoms with Gasteiger partial charge in [-0.2, -0.15) is 13.2 Å². The van der Waals surface area contributed by atoms with E-state index in [-0.39, 0.29) is 34.7 Å². The molecule has 4 heterocycles. The lowest BCUT2D eigenvalue weighted by Gasteiger charge is -2.46. The summed E-state index contributed by atoms with van der Waals surface area (Å²) in [4.78, 5) is 18.9. The first-order chi connectivity index (χ1) is 13.3. The van der Waals surface area contributed by atoms with Crippen LogP contribution < -0.4 is 5.32 Å². The molecular formula is C18H20F4N4O2. The number of nitrogens with one attached hydrogen (secondary N) is 1. The van der Waals surface area contributed by atoms with E-state index in [2.05, 4.69) is 15.2 Å². The van der Waals surface area contributed by atoms with Gasteiger partial charge >= 0.3 is 6.18 Å². The first-order valence-electron chi connectivity index (χ1n) is 9.02. The maximum atomic E-state index is 14.0. The Bertz CT molecular complexity index is 870. The molecule has 6 nitrogen and oxygen atoms in total. The summed E-state index contributed by atoms with van der Waals surface area (Å²) in [6, 6.07) is 3.21. The summed E-state index contributed by atoms with van der Waals surface area (Å²) < 4.78 is 58.5. The van der Waals surface area contributed by atoms with Crippen molar-refractivity contribution < 1.29 is 27.1 Å². The molecule has 2 fully saturated rings. The van der Waals surface area contributed by atoms with Gasteiger partial charge in [0.2, 0.25) is 0 Å². The maximum Gasteiger partial charge on any atom is 0.439 e. The summed E-state index contributed by atoms with van der Waals surface area (Å²) in [6.45, 7) is 1.16. The highest BCUT2D eigenvalue weighted by Gasteiger charge is 2.43.